The Morgan fingerprint density at radius 1 is 0.789 bits per heavy atom. The number of hydrogen-bond acceptors (Lipinski definition) is 1. The molecule has 0 saturated heterocycles. The minimum absolute atomic E-state index is 0. The molecule has 0 saturated carbocycles. The number of rotatable bonds is 1. The van der Waals surface area contributed by atoms with Gasteiger partial charge in [0.1, 0.15) is 0 Å². The quantitative estimate of drug-likeness (QED) is 0.465. The molecule has 0 aliphatic carbocycles. The van der Waals surface area contributed by atoms with Crippen LogP contribution in [0.3, 0.4) is 0 Å². The van der Waals surface area contributed by atoms with E-state index in [9.17, 15) is 0 Å². The third kappa shape index (κ3) is 2.37. The average molecular weight is 243 g/mol. The summed E-state index contributed by atoms with van der Waals surface area (Å²) in [7, 11) is 4.22. The first-order valence-electron chi connectivity index (χ1n) is 6.26. The fourth-order valence-electron chi connectivity index (χ4n) is 2.70. The number of hydrogen-bond donors (Lipinski definition) is 0. The van der Waals surface area contributed by atoms with E-state index in [1.165, 1.54) is 32.8 Å². The third-order valence-electron chi connectivity index (χ3n) is 3.51. The Labute approximate surface area is 126 Å². The van der Waals surface area contributed by atoms with E-state index in [1.807, 2.05) is 0 Å². The van der Waals surface area contributed by atoms with Gasteiger partial charge in [-0.15, -0.1) is 0 Å². The van der Waals surface area contributed by atoms with Gasteiger partial charge in [0.2, 0.25) is 0 Å². The van der Waals surface area contributed by atoms with Crippen LogP contribution in [0.2, 0.25) is 0 Å². The molecule has 0 radical (unpaired) electrons. The Hall–Kier alpha value is -1.42. The molecule has 2 heteroatoms. The fraction of sp³-hybridized carbons (Fsp3) is 0.176. The van der Waals surface area contributed by atoms with Gasteiger partial charge < -0.3 is 4.90 Å². The second-order valence-electron chi connectivity index (χ2n) is 5.05. The van der Waals surface area contributed by atoms with Crippen molar-refractivity contribution in [2.45, 2.75) is 6.92 Å². The van der Waals surface area contributed by atoms with E-state index in [4.69, 9.17) is 0 Å². The van der Waals surface area contributed by atoms with Gasteiger partial charge in [-0.1, -0.05) is 36.4 Å². The summed E-state index contributed by atoms with van der Waals surface area (Å²) in [6, 6.07) is 17.5. The number of anilines is 1. The molecule has 92 valence electrons. The minimum atomic E-state index is 0. The zero-order chi connectivity index (χ0) is 12.7. The predicted molar refractivity (Wildman–Crippen MR) is 87.7 cm³/mol. The summed E-state index contributed by atoms with van der Waals surface area (Å²) in [6.45, 7) is 2.17. The van der Waals surface area contributed by atoms with Gasteiger partial charge in [0.25, 0.3) is 0 Å². The van der Waals surface area contributed by atoms with Gasteiger partial charge in [0, 0.05) is 25.2 Å². The molecule has 0 N–H and O–H groups in total. The van der Waals surface area contributed by atoms with Crippen molar-refractivity contribution in [1.29, 1.82) is 0 Å². The summed E-state index contributed by atoms with van der Waals surface area (Å²) >= 11 is 0. The Morgan fingerprint density at radius 3 is 2.05 bits per heavy atom. The van der Waals surface area contributed by atoms with Crippen LogP contribution >= 0.6 is 0 Å². The van der Waals surface area contributed by atoms with Crippen LogP contribution in [0.4, 0.5) is 5.69 Å². The molecule has 3 aromatic rings. The van der Waals surface area contributed by atoms with Gasteiger partial charge in [-0.2, -0.15) is 0 Å². The number of fused-ring (bicyclic) bond motifs is 2. The van der Waals surface area contributed by atoms with Crippen molar-refractivity contribution in [3.8, 4) is 0 Å². The van der Waals surface area contributed by atoms with Crippen molar-refractivity contribution in [2.24, 2.45) is 0 Å². The van der Waals surface area contributed by atoms with Crippen molar-refractivity contribution >= 4 is 46.1 Å². The molecule has 0 aromatic heterocycles. The van der Waals surface area contributed by atoms with Crippen LogP contribution in [0.5, 0.6) is 0 Å². The summed E-state index contributed by atoms with van der Waals surface area (Å²) in [4.78, 5) is 2.20. The molecule has 0 atom stereocenters. The van der Waals surface area contributed by atoms with Gasteiger partial charge in [-0.05, 0) is 40.8 Å². The second-order valence-corrected chi connectivity index (χ2v) is 5.05. The average Bonchev–Trinajstić information content (AvgIpc) is 2.36. The van der Waals surface area contributed by atoms with Gasteiger partial charge in [0.05, 0.1) is 0 Å². The van der Waals surface area contributed by atoms with E-state index in [-0.39, 0.29) is 18.9 Å². The van der Waals surface area contributed by atoms with Gasteiger partial charge in [-0.3, -0.25) is 0 Å². The van der Waals surface area contributed by atoms with Gasteiger partial charge in [-0.25, -0.2) is 0 Å². The molecular weight excluding hydrogens is 225 g/mol. The Kier molecular flexibility index (Phi) is 3.90. The zero-order valence-electron chi connectivity index (χ0n) is 11.1. The van der Waals surface area contributed by atoms with Crippen molar-refractivity contribution in [3.63, 3.8) is 0 Å². The van der Waals surface area contributed by atoms with Crippen molar-refractivity contribution < 1.29 is 0 Å². The van der Waals surface area contributed by atoms with E-state index in [0.29, 0.717) is 0 Å². The molecule has 1 nitrogen and oxygen atoms in total. The van der Waals surface area contributed by atoms with Gasteiger partial charge in [0.15, 0.2) is 0 Å². The molecular formula is C17H18LiN. The predicted octanol–water partition coefficient (Wildman–Crippen LogP) is 3.72. The SMILES string of the molecule is Cc1ccc2cc3ccccc3cc2c1N(C)C.[LiH]. The molecule has 0 fully saturated rings. The molecule has 0 aliphatic rings. The van der Waals surface area contributed by atoms with Crippen LogP contribution in [0, 0.1) is 6.92 Å². The van der Waals surface area contributed by atoms with E-state index < -0.39 is 0 Å². The molecule has 0 bridgehead atoms. The first-order valence-corrected chi connectivity index (χ1v) is 6.26. The van der Waals surface area contributed by atoms with Crippen molar-refractivity contribution in [3.05, 3.63) is 54.1 Å². The molecule has 3 aromatic carbocycles. The first-order chi connectivity index (χ1) is 8.66. The summed E-state index contributed by atoms with van der Waals surface area (Å²) in [5.41, 5.74) is 2.64. The zero-order valence-corrected chi connectivity index (χ0v) is 11.1. The van der Waals surface area contributed by atoms with Crippen LogP contribution < -0.4 is 4.90 Å². The summed E-state index contributed by atoms with van der Waals surface area (Å²) in [5, 5.41) is 5.25. The normalized spacial score (nSPS) is 10.5. The summed E-state index contributed by atoms with van der Waals surface area (Å²) in [6.07, 6.45) is 0. The van der Waals surface area contributed by atoms with E-state index in [1.54, 1.807) is 0 Å². The third-order valence-corrected chi connectivity index (χ3v) is 3.51. The Morgan fingerprint density at radius 2 is 1.42 bits per heavy atom. The maximum atomic E-state index is 2.30. The molecule has 0 spiro atoms. The Bertz CT molecular complexity index is 732. The molecule has 0 amide bonds. The topological polar surface area (TPSA) is 3.24 Å². The number of nitrogens with zero attached hydrogens (tertiary/aromatic N) is 1. The maximum absolute atomic E-state index is 2.30. The molecule has 0 unspecified atom stereocenters. The van der Waals surface area contributed by atoms with Crippen LogP contribution in [-0.4, -0.2) is 33.0 Å². The summed E-state index contributed by atoms with van der Waals surface area (Å²) < 4.78 is 0. The second kappa shape index (κ2) is 5.29. The standard InChI is InChI=1S/C17H17N.Li.H/c1-12-8-9-15-10-13-6-4-5-7-14(13)11-16(15)17(12)18(2)3;;/h4-11H,1-3H3;;. The molecule has 3 rings (SSSR count). The molecule has 0 heterocycles. The van der Waals surface area contributed by atoms with Crippen LogP contribution in [0.1, 0.15) is 5.56 Å². The van der Waals surface area contributed by atoms with Gasteiger partial charge >= 0.3 is 18.9 Å². The van der Waals surface area contributed by atoms with E-state index >= 15 is 0 Å². The fourth-order valence-corrected chi connectivity index (χ4v) is 2.70. The van der Waals surface area contributed by atoms with E-state index in [0.717, 1.165) is 0 Å². The van der Waals surface area contributed by atoms with Crippen molar-refractivity contribution in [2.75, 3.05) is 19.0 Å². The molecule has 19 heavy (non-hydrogen) atoms. The van der Waals surface area contributed by atoms with E-state index in [2.05, 4.69) is 74.4 Å². The number of benzene rings is 3. The molecule has 0 aliphatic heterocycles. The first kappa shape index (κ1) is 14.0. The monoisotopic (exact) mass is 243 g/mol. The van der Waals surface area contributed by atoms with Crippen LogP contribution in [-0.2, 0) is 0 Å². The van der Waals surface area contributed by atoms with Crippen LogP contribution in [0.15, 0.2) is 48.5 Å². The Balaban J connectivity index is 0.00000133. The summed E-state index contributed by atoms with van der Waals surface area (Å²) in [5.74, 6) is 0. The van der Waals surface area contributed by atoms with Crippen molar-refractivity contribution in [1.82, 2.24) is 0 Å². The van der Waals surface area contributed by atoms with Crippen LogP contribution in [0.25, 0.3) is 21.5 Å². The number of aryl methyl sites for hydroxylation is 1.